The molecule has 0 amide bonds. The summed E-state index contributed by atoms with van der Waals surface area (Å²) in [5.41, 5.74) is 1.09. The van der Waals surface area contributed by atoms with Crippen molar-refractivity contribution in [3.05, 3.63) is 35.9 Å². The number of carbonyl (C=O) groups is 1. The minimum absolute atomic E-state index is 0.165. The SMILES string of the molecule is O=C(O)C(Cc1ccccc1)C1CCOC1. The van der Waals surface area contributed by atoms with E-state index in [-0.39, 0.29) is 11.8 Å². The summed E-state index contributed by atoms with van der Waals surface area (Å²) >= 11 is 0. The molecule has 3 heteroatoms. The van der Waals surface area contributed by atoms with E-state index in [4.69, 9.17) is 4.74 Å². The second-order valence-electron chi connectivity index (χ2n) is 4.26. The van der Waals surface area contributed by atoms with Gasteiger partial charge >= 0.3 is 5.97 Å². The maximum atomic E-state index is 11.2. The maximum absolute atomic E-state index is 11.2. The van der Waals surface area contributed by atoms with Crippen molar-refractivity contribution in [2.75, 3.05) is 13.2 Å². The van der Waals surface area contributed by atoms with Gasteiger partial charge in [0.2, 0.25) is 0 Å². The van der Waals surface area contributed by atoms with E-state index in [1.807, 2.05) is 30.3 Å². The van der Waals surface area contributed by atoms with E-state index < -0.39 is 5.97 Å². The van der Waals surface area contributed by atoms with E-state index in [9.17, 15) is 9.90 Å². The molecular weight excluding hydrogens is 204 g/mol. The highest BCUT2D eigenvalue weighted by Gasteiger charge is 2.31. The van der Waals surface area contributed by atoms with Crippen molar-refractivity contribution in [2.45, 2.75) is 12.8 Å². The van der Waals surface area contributed by atoms with Crippen molar-refractivity contribution in [1.82, 2.24) is 0 Å². The maximum Gasteiger partial charge on any atom is 0.307 e. The highest BCUT2D eigenvalue weighted by atomic mass is 16.5. The number of carboxylic acid groups (broad SMARTS) is 1. The lowest BCUT2D eigenvalue weighted by molar-refractivity contribution is -0.143. The molecule has 1 heterocycles. The van der Waals surface area contributed by atoms with Crippen molar-refractivity contribution in [2.24, 2.45) is 11.8 Å². The zero-order valence-electron chi connectivity index (χ0n) is 9.13. The average Bonchev–Trinajstić information content (AvgIpc) is 2.80. The summed E-state index contributed by atoms with van der Waals surface area (Å²) in [4.78, 5) is 11.2. The molecular formula is C13H16O3. The minimum atomic E-state index is -0.709. The summed E-state index contributed by atoms with van der Waals surface area (Å²) in [7, 11) is 0. The molecule has 0 radical (unpaired) electrons. The van der Waals surface area contributed by atoms with Crippen LogP contribution in [0.2, 0.25) is 0 Å². The van der Waals surface area contributed by atoms with Crippen LogP contribution in [-0.4, -0.2) is 24.3 Å². The molecule has 1 saturated heterocycles. The van der Waals surface area contributed by atoms with E-state index in [0.29, 0.717) is 19.6 Å². The van der Waals surface area contributed by atoms with Crippen LogP contribution in [0.3, 0.4) is 0 Å². The van der Waals surface area contributed by atoms with E-state index in [0.717, 1.165) is 12.0 Å². The lowest BCUT2D eigenvalue weighted by atomic mass is 9.86. The van der Waals surface area contributed by atoms with Gasteiger partial charge in [-0.2, -0.15) is 0 Å². The normalized spacial score (nSPS) is 21.9. The summed E-state index contributed by atoms with van der Waals surface area (Å²) in [5, 5.41) is 9.24. The Labute approximate surface area is 95.0 Å². The van der Waals surface area contributed by atoms with Gasteiger partial charge in [0.1, 0.15) is 0 Å². The number of rotatable bonds is 4. The van der Waals surface area contributed by atoms with Crippen LogP contribution in [0.15, 0.2) is 30.3 Å². The van der Waals surface area contributed by atoms with E-state index in [1.54, 1.807) is 0 Å². The van der Waals surface area contributed by atoms with Crippen LogP contribution >= 0.6 is 0 Å². The molecule has 0 aliphatic carbocycles. The molecule has 1 aromatic carbocycles. The Balaban J connectivity index is 2.05. The van der Waals surface area contributed by atoms with Crippen LogP contribution in [0.1, 0.15) is 12.0 Å². The smallest absolute Gasteiger partial charge is 0.307 e. The second-order valence-corrected chi connectivity index (χ2v) is 4.26. The second kappa shape index (κ2) is 5.12. The lowest BCUT2D eigenvalue weighted by Gasteiger charge is -2.17. The Morgan fingerprint density at radius 3 is 2.75 bits per heavy atom. The molecule has 1 fully saturated rings. The molecule has 1 aliphatic heterocycles. The third-order valence-corrected chi connectivity index (χ3v) is 3.15. The number of aliphatic carboxylic acids is 1. The molecule has 2 atom stereocenters. The van der Waals surface area contributed by atoms with Crippen LogP contribution in [0.5, 0.6) is 0 Å². The fourth-order valence-corrected chi connectivity index (χ4v) is 2.19. The van der Waals surface area contributed by atoms with Gasteiger partial charge in [-0.05, 0) is 24.3 Å². The Bertz CT molecular complexity index is 341. The van der Waals surface area contributed by atoms with Crippen LogP contribution < -0.4 is 0 Å². The first kappa shape index (κ1) is 11.1. The molecule has 2 unspecified atom stereocenters. The highest BCUT2D eigenvalue weighted by Crippen LogP contribution is 2.25. The minimum Gasteiger partial charge on any atom is -0.481 e. The fraction of sp³-hybridized carbons (Fsp3) is 0.462. The molecule has 2 rings (SSSR count). The van der Waals surface area contributed by atoms with Crippen LogP contribution in [-0.2, 0) is 16.0 Å². The third-order valence-electron chi connectivity index (χ3n) is 3.15. The van der Waals surface area contributed by atoms with E-state index in [1.165, 1.54) is 0 Å². The largest absolute Gasteiger partial charge is 0.481 e. The standard InChI is InChI=1S/C13H16O3/c14-13(15)12(11-6-7-16-9-11)8-10-4-2-1-3-5-10/h1-5,11-12H,6-9H2,(H,14,15). The quantitative estimate of drug-likeness (QED) is 0.843. The van der Waals surface area contributed by atoms with Crippen molar-refractivity contribution in [1.29, 1.82) is 0 Å². The number of benzene rings is 1. The molecule has 1 aromatic rings. The molecule has 0 spiro atoms. The summed E-state index contributed by atoms with van der Waals surface area (Å²) in [6.07, 6.45) is 1.47. The first-order valence-corrected chi connectivity index (χ1v) is 5.62. The monoisotopic (exact) mass is 220 g/mol. The predicted molar refractivity (Wildman–Crippen MR) is 60.2 cm³/mol. The van der Waals surface area contributed by atoms with E-state index in [2.05, 4.69) is 0 Å². The topological polar surface area (TPSA) is 46.5 Å². The molecule has 0 bridgehead atoms. The number of hydrogen-bond donors (Lipinski definition) is 1. The Hall–Kier alpha value is -1.35. The molecule has 0 saturated carbocycles. The van der Waals surface area contributed by atoms with Crippen molar-refractivity contribution < 1.29 is 14.6 Å². The van der Waals surface area contributed by atoms with E-state index >= 15 is 0 Å². The fourth-order valence-electron chi connectivity index (χ4n) is 2.19. The Morgan fingerprint density at radius 1 is 1.44 bits per heavy atom. The van der Waals surface area contributed by atoms with Gasteiger partial charge in [0.05, 0.1) is 12.5 Å². The lowest BCUT2D eigenvalue weighted by Crippen LogP contribution is -2.26. The van der Waals surface area contributed by atoms with Crippen LogP contribution in [0, 0.1) is 11.8 Å². The third kappa shape index (κ3) is 2.61. The van der Waals surface area contributed by atoms with Gasteiger partial charge in [-0.1, -0.05) is 30.3 Å². The van der Waals surface area contributed by atoms with Crippen molar-refractivity contribution in [3.63, 3.8) is 0 Å². The average molecular weight is 220 g/mol. The van der Waals surface area contributed by atoms with Gasteiger partial charge in [-0.3, -0.25) is 4.79 Å². The number of ether oxygens (including phenoxy) is 1. The first-order valence-electron chi connectivity index (χ1n) is 5.62. The molecule has 86 valence electrons. The van der Waals surface area contributed by atoms with Gasteiger partial charge in [-0.25, -0.2) is 0 Å². The zero-order chi connectivity index (χ0) is 11.4. The Kier molecular flexibility index (Phi) is 3.57. The summed E-state index contributed by atoms with van der Waals surface area (Å²) in [6.45, 7) is 1.28. The van der Waals surface area contributed by atoms with Crippen LogP contribution in [0.25, 0.3) is 0 Å². The molecule has 1 aliphatic rings. The predicted octanol–water partition coefficient (Wildman–Crippen LogP) is 1.97. The first-order chi connectivity index (χ1) is 7.77. The molecule has 1 N–H and O–H groups in total. The van der Waals surface area contributed by atoms with Gasteiger partial charge in [0.25, 0.3) is 0 Å². The highest BCUT2D eigenvalue weighted by molar-refractivity contribution is 5.70. The van der Waals surface area contributed by atoms with Crippen molar-refractivity contribution >= 4 is 5.97 Å². The van der Waals surface area contributed by atoms with Gasteiger partial charge in [0, 0.05) is 6.61 Å². The summed E-state index contributed by atoms with van der Waals surface area (Å²) in [5.74, 6) is -0.859. The van der Waals surface area contributed by atoms with Gasteiger partial charge in [-0.15, -0.1) is 0 Å². The molecule has 0 aromatic heterocycles. The summed E-state index contributed by atoms with van der Waals surface area (Å²) < 4.78 is 5.26. The van der Waals surface area contributed by atoms with Crippen LogP contribution in [0.4, 0.5) is 0 Å². The van der Waals surface area contributed by atoms with Gasteiger partial charge < -0.3 is 9.84 Å². The van der Waals surface area contributed by atoms with Crippen molar-refractivity contribution in [3.8, 4) is 0 Å². The summed E-state index contributed by atoms with van der Waals surface area (Å²) in [6, 6.07) is 9.79. The number of hydrogen-bond acceptors (Lipinski definition) is 2. The molecule has 3 nitrogen and oxygen atoms in total. The zero-order valence-corrected chi connectivity index (χ0v) is 9.13. The van der Waals surface area contributed by atoms with Gasteiger partial charge in [0.15, 0.2) is 0 Å². The number of carboxylic acids is 1. The molecule has 16 heavy (non-hydrogen) atoms. The Morgan fingerprint density at radius 2 is 2.19 bits per heavy atom.